The summed E-state index contributed by atoms with van der Waals surface area (Å²) in [5.74, 6) is -0.456. The third-order valence-corrected chi connectivity index (χ3v) is 2.71. The van der Waals surface area contributed by atoms with E-state index < -0.39 is 5.91 Å². The molecule has 17 heavy (non-hydrogen) atoms. The molecule has 0 aliphatic heterocycles. The topological polar surface area (TPSA) is 76.7 Å². The number of primary amides is 1. The fourth-order valence-corrected chi connectivity index (χ4v) is 1.98. The quantitative estimate of drug-likeness (QED) is 0.693. The number of para-hydroxylation sites is 1. The van der Waals surface area contributed by atoms with E-state index in [1.165, 1.54) is 0 Å². The highest BCUT2D eigenvalue weighted by atomic mass is 16.1. The second-order valence-corrected chi connectivity index (χ2v) is 3.74. The number of hydrogen-bond donors (Lipinski definition) is 2. The van der Waals surface area contributed by atoms with E-state index in [0.717, 1.165) is 16.6 Å². The molecule has 3 rings (SSSR count). The van der Waals surface area contributed by atoms with Crippen molar-refractivity contribution in [2.75, 3.05) is 0 Å². The van der Waals surface area contributed by atoms with Crippen molar-refractivity contribution in [3.8, 4) is 5.69 Å². The number of benzene rings is 1. The molecule has 0 spiro atoms. The van der Waals surface area contributed by atoms with Crippen molar-refractivity contribution >= 4 is 16.8 Å². The summed E-state index contributed by atoms with van der Waals surface area (Å²) >= 11 is 0. The van der Waals surface area contributed by atoms with Gasteiger partial charge in [0.05, 0.1) is 17.4 Å². The Hall–Kier alpha value is -2.56. The molecule has 0 saturated carbocycles. The number of nitrogens with one attached hydrogen (secondary N) is 1. The molecule has 3 N–H and O–H groups in total. The van der Waals surface area contributed by atoms with Crippen LogP contribution in [0.25, 0.3) is 16.6 Å². The molecule has 0 saturated heterocycles. The van der Waals surface area contributed by atoms with Crippen LogP contribution in [0.2, 0.25) is 0 Å². The normalized spacial score (nSPS) is 10.8. The van der Waals surface area contributed by atoms with E-state index in [0.29, 0.717) is 5.69 Å². The average Bonchev–Trinajstić information content (AvgIpc) is 2.94. The van der Waals surface area contributed by atoms with Gasteiger partial charge in [-0.3, -0.25) is 9.89 Å². The molecule has 1 amide bonds. The summed E-state index contributed by atoms with van der Waals surface area (Å²) in [7, 11) is 0. The molecule has 84 valence electrons. The molecule has 0 aliphatic rings. The second-order valence-electron chi connectivity index (χ2n) is 3.74. The van der Waals surface area contributed by atoms with Crippen LogP contribution in [0.15, 0.2) is 42.7 Å². The first-order chi connectivity index (χ1) is 8.27. The molecular formula is C12H10N4O. The zero-order valence-electron chi connectivity index (χ0n) is 8.92. The molecule has 0 atom stereocenters. The number of fused-ring (bicyclic) bond motifs is 1. The van der Waals surface area contributed by atoms with Gasteiger partial charge in [0.1, 0.15) is 5.69 Å². The number of hydrogen-bond acceptors (Lipinski definition) is 2. The maximum Gasteiger partial charge on any atom is 0.265 e. The predicted octanol–water partition coefficient (Wildman–Crippen LogP) is 1.45. The van der Waals surface area contributed by atoms with Crippen molar-refractivity contribution in [3.63, 3.8) is 0 Å². The first-order valence-electron chi connectivity index (χ1n) is 5.17. The van der Waals surface area contributed by atoms with Crippen LogP contribution in [0.1, 0.15) is 10.5 Å². The number of rotatable bonds is 2. The smallest absolute Gasteiger partial charge is 0.265 e. The van der Waals surface area contributed by atoms with Gasteiger partial charge in [0.25, 0.3) is 5.91 Å². The Balaban J connectivity index is 2.40. The minimum atomic E-state index is -0.456. The Morgan fingerprint density at radius 2 is 2.18 bits per heavy atom. The number of nitrogens with two attached hydrogens (primary N) is 1. The first-order valence-corrected chi connectivity index (χ1v) is 5.17. The number of H-pyrrole nitrogens is 1. The van der Waals surface area contributed by atoms with Crippen LogP contribution >= 0.6 is 0 Å². The summed E-state index contributed by atoms with van der Waals surface area (Å²) in [6, 6.07) is 9.51. The van der Waals surface area contributed by atoms with E-state index in [2.05, 4.69) is 10.2 Å². The van der Waals surface area contributed by atoms with Gasteiger partial charge in [0.15, 0.2) is 0 Å². The van der Waals surface area contributed by atoms with E-state index in [-0.39, 0.29) is 0 Å². The fourth-order valence-electron chi connectivity index (χ4n) is 1.98. The van der Waals surface area contributed by atoms with Crippen LogP contribution in [-0.2, 0) is 0 Å². The van der Waals surface area contributed by atoms with Gasteiger partial charge < -0.3 is 10.3 Å². The Labute approximate surface area is 96.9 Å². The molecule has 5 heteroatoms. The molecule has 0 fully saturated rings. The molecule has 0 aliphatic carbocycles. The van der Waals surface area contributed by atoms with Gasteiger partial charge >= 0.3 is 0 Å². The molecule has 0 unspecified atom stereocenters. The van der Waals surface area contributed by atoms with E-state index >= 15 is 0 Å². The summed E-state index contributed by atoms with van der Waals surface area (Å²) < 4.78 is 1.79. The Morgan fingerprint density at radius 1 is 1.35 bits per heavy atom. The van der Waals surface area contributed by atoms with Crippen LogP contribution in [0.3, 0.4) is 0 Å². The van der Waals surface area contributed by atoms with Crippen LogP contribution in [0.4, 0.5) is 0 Å². The van der Waals surface area contributed by atoms with Crippen LogP contribution in [0.5, 0.6) is 0 Å². The lowest BCUT2D eigenvalue weighted by Gasteiger charge is -2.04. The number of nitrogens with zero attached hydrogens (tertiary/aromatic N) is 2. The zero-order chi connectivity index (χ0) is 11.8. The highest BCUT2D eigenvalue weighted by molar-refractivity contribution is 5.99. The average molecular weight is 226 g/mol. The van der Waals surface area contributed by atoms with Crippen LogP contribution in [-0.4, -0.2) is 20.7 Å². The number of aromatic nitrogens is 3. The third-order valence-electron chi connectivity index (χ3n) is 2.71. The van der Waals surface area contributed by atoms with Gasteiger partial charge in [0.2, 0.25) is 0 Å². The minimum absolute atomic E-state index is 0.451. The van der Waals surface area contributed by atoms with E-state index in [4.69, 9.17) is 5.73 Å². The van der Waals surface area contributed by atoms with Gasteiger partial charge in [-0.15, -0.1) is 0 Å². The second kappa shape index (κ2) is 3.48. The van der Waals surface area contributed by atoms with Gasteiger partial charge in [-0.25, -0.2) is 0 Å². The van der Waals surface area contributed by atoms with Crippen LogP contribution in [0, 0.1) is 0 Å². The molecule has 2 heterocycles. The van der Waals surface area contributed by atoms with Crippen molar-refractivity contribution in [2.24, 2.45) is 5.73 Å². The number of carbonyl (C=O) groups excluding carboxylic acids is 1. The summed E-state index contributed by atoms with van der Waals surface area (Å²) in [5, 5.41) is 7.59. The highest BCUT2D eigenvalue weighted by Gasteiger charge is 2.14. The summed E-state index contributed by atoms with van der Waals surface area (Å²) in [6.07, 6.45) is 3.37. The molecule has 0 bridgehead atoms. The standard InChI is InChI=1S/C12H10N4O/c13-12(17)11-5-8-3-1-2-4-10(8)16(11)9-6-14-15-7-9/h1-7H,(H2,13,17)(H,14,15). The van der Waals surface area contributed by atoms with Gasteiger partial charge in [0, 0.05) is 11.6 Å². The third kappa shape index (κ3) is 1.40. The van der Waals surface area contributed by atoms with Gasteiger partial charge in [-0.05, 0) is 12.1 Å². The van der Waals surface area contributed by atoms with Crippen molar-refractivity contribution in [2.45, 2.75) is 0 Å². The highest BCUT2D eigenvalue weighted by Crippen LogP contribution is 2.23. The van der Waals surface area contributed by atoms with Crippen molar-refractivity contribution in [1.82, 2.24) is 14.8 Å². The lowest BCUT2D eigenvalue weighted by atomic mass is 10.2. The Morgan fingerprint density at radius 3 is 2.88 bits per heavy atom. The van der Waals surface area contributed by atoms with E-state index in [9.17, 15) is 4.79 Å². The maximum atomic E-state index is 11.5. The van der Waals surface area contributed by atoms with E-state index in [1.807, 2.05) is 24.3 Å². The SMILES string of the molecule is NC(=O)c1cc2ccccc2n1-c1cn[nH]c1. The summed E-state index contributed by atoms with van der Waals surface area (Å²) in [5.41, 5.74) is 7.57. The Bertz CT molecular complexity index is 682. The molecule has 1 aromatic carbocycles. The number of carbonyl (C=O) groups is 1. The molecule has 3 aromatic rings. The Kier molecular flexibility index (Phi) is 1.98. The van der Waals surface area contributed by atoms with Gasteiger partial charge in [-0.1, -0.05) is 18.2 Å². The molecule has 2 aromatic heterocycles. The number of aromatic amines is 1. The lowest BCUT2D eigenvalue weighted by Crippen LogP contribution is -2.15. The molecule has 0 radical (unpaired) electrons. The zero-order valence-corrected chi connectivity index (χ0v) is 8.92. The summed E-state index contributed by atoms with van der Waals surface area (Å²) in [6.45, 7) is 0. The maximum absolute atomic E-state index is 11.5. The van der Waals surface area contributed by atoms with Crippen molar-refractivity contribution in [3.05, 3.63) is 48.4 Å². The van der Waals surface area contributed by atoms with Crippen molar-refractivity contribution < 1.29 is 4.79 Å². The van der Waals surface area contributed by atoms with Crippen molar-refractivity contribution in [1.29, 1.82) is 0 Å². The molecular weight excluding hydrogens is 216 g/mol. The minimum Gasteiger partial charge on any atom is -0.364 e. The predicted molar refractivity (Wildman–Crippen MR) is 63.9 cm³/mol. The monoisotopic (exact) mass is 226 g/mol. The molecule has 5 nitrogen and oxygen atoms in total. The largest absolute Gasteiger partial charge is 0.364 e. The van der Waals surface area contributed by atoms with Crippen LogP contribution < -0.4 is 5.73 Å². The first kappa shape index (κ1) is 9.65. The van der Waals surface area contributed by atoms with E-state index in [1.54, 1.807) is 23.0 Å². The summed E-state index contributed by atoms with van der Waals surface area (Å²) in [4.78, 5) is 11.5. The fraction of sp³-hybridized carbons (Fsp3) is 0. The number of amides is 1. The lowest BCUT2D eigenvalue weighted by molar-refractivity contribution is 0.0994. The van der Waals surface area contributed by atoms with Gasteiger partial charge in [-0.2, -0.15) is 5.10 Å².